The van der Waals surface area contributed by atoms with Gasteiger partial charge in [-0.15, -0.1) is 0 Å². The quantitative estimate of drug-likeness (QED) is 0.757. The predicted molar refractivity (Wildman–Crippen MR) is 84.3 cm³/mol. The van der Waals surface area contributed by atoms with E-state index in [0.717, 1.165) is 25.9 Å². The average molecular weight is 305 g/mol. The first-order valence-corrected chi connectivity index (χ1v) is 9.38. The van der Waals surface area contributed by atoms with Gasteiger partial charge in [0.05, 0.1) is 6.26 Å². The van der Waals surface area contributed by atoms with Crippen LogP contribution in [0.1, 0.15) is 26.7 Å². The molecule has 2 unspecified atom stereocenters. The van der Waals surface area contributed by atoms with Gasteiger partial charge in [-0.2, -0.15) is 0 Å². The summed E-state index contributed by atoms with van der Waals surface area (Å²) in [5, 5.41) is 3.63. The van der Waals surface area contributed by atoms with Crippen molar-refractivity contribution in [1.82, 2.24) is 14.5 Å². The molecule has 0 radical (unpaired) electrons. The third-order valence-corrected chi connectivity index (χ3v) is 5.26. The van der Waals surface area contributed by atoms with Crippen LogP contribution in [0.4, 0.5) is 0 Å². The van der Waals surface area contributed by atoms with E-state index in [1.54, 1.807) is 4.31 Å². The van der Waals surface area contributed by atoms with Crippen LogP contribution >= 0.6 is 0 Å². The summed E-state index contributed by atoms with van der Waals surface area (Å²) in [5.41, 5.74) is 0. The number of nitrogens with zero attached hydrogens (tertiary/aromatic N) is 2. The largest absolute Gasteiger partial charge is 0.312 e. The molecule has 1 N–H and O–H groups in total. The van der Waals surface area contributed by atoms with Gasteiger partial charge < -0.3 is 10.2 Å². The van der Waals surface area contributed by atoms with Crippen molar-refractivity contribution in [3.63, 3.8) is 0 Å². The SMILES string of the molecule is CC(C)C(CN(C)C)NCC1CCCN(S(C)(=O)=O)C1. The van der Waals surface area contributed by atoms with E-state index in [2.05, 4.69) is 38.2 Å². The maximum Gasteiger partial charge on any atom is 0.211 e. The van der Waals surface area contributed by atoms with Crippen LogP contribution < -0.4 is 5.32 Å². The van der Waals surface area contributed by atoms with E-state index in [0.29, 0.717) is 31.0 Å². The highest BCUT2D eigenvalue weighted by Crippen LogP contribution is 2.18. The maximum atomic E-state index is 11.6. The Bertz CT molecular complexity index is 382. The second-order valence-corrected chi connectivity index (χ2v) is 8.63. The normalized spacial score (nSPS) is 23.4. The molecular formula is C14H31N3O2S. The van der Waals surface area contributed by atoms with Crippen LogP contribution in [0.3, 0.4) is 0 Å². The van der Waals surface area contributed by atoms with Crippen molar-refractivity contribution < 1.29 is 8.42 Å². The second kappa shape index (κ2) is 7.73. The van der Waals surface area contributed by atoms with Gasteiger partial charge in [-0.25, -0.2) is 12.7 Å². The van der Waals surface area contributed by atoms with Gasteiger partial charge in [-0.05, 0) is 45.3 Å². The Morgan fingerprint density at radius 1 is 1.35 bits per heavy atom. The van der Waals surface area contributed by atoms with Crippen molar-refractivity contribution >= 4 is 10.0 Å². The summed E-state index contributed by atoms with van der Waals surface area (Å²) in [6.07, 6.45) is 3.40. The van der Waals surface area contributed by atoms with E-state index in [4.69, 9.17) is 0 Å². The topological polar surface area (TPSA) is 52.6 Å². The zero-order chi connectivity index (χ0) is 15.3. The van der Waals surface area contributed by atoms with Crippen molar-refractivity contribution in [3.05, 3.63) is 0 Å². The molecule has 20 heavy (non-hydrogen) atoms. The molecular weight excluding hydrogens is 274 g/mol. The van der Waals surface area contributed by atoms with Gasteiger partial charge in [0.1, 0.15) is 0 Å². The Kier molecular flexibility index (Phi) is 6.91. The fourth-order valence-electron chi connectivity index (χ4n) is 2.72. The van der Waals surface area contributed by atoms with Gasteiger partial charge in [-0.1, -0.05) is 13.8 Å². The molecule has 1 aliphatic heterocycles. The lowest BCUT2D eigenvalue weighted by Crippen LogP contribution is -2.47. The molecule has 2 atom stereocenters. The van der Waals surface area contributed by atoms with Crippen molar-refractivity contribution in [2.75, 3.05) is 46.5 Å². The van der Waals surface area contributed by atoms with E-state index < -0.39 is 10.0 Å². The first-order valence-electron chi connectivity index (χ1n) is 7.53. The van der Waals surface area contributed by atoms with Crippen molar-refractivity contribution in [2.24, 2.45) is 11.8 Å². The first-order chi connectivity index (χ1) is 9.20. The smallest absolute Gasteiger partial charge is 0.211 e. The summed E-state index contributed by atoms with van der Waals surface area (Å²) in [5.74, 6) is 1.01. The van der Waals surface area contributed by atoms with E-state index in [-0.39, 0.29) is 0 Å². The number of likely N-dealkylation sites (N-methyl/N-ethyl adjacent to an activating group) is 1. The van der Waals surface area contributed by atoms with Crippen LogP contribution in [0.5, 0.6) is 0 Å². The molecule has 0 amide bonds. The summed E-state index contributed by atoms with van der Waals surface area (Å²) < 4.78 is 24.9. The predicted octanol–water partition coefficient (Wildman–Crippen LogP) is 0.834. The molecule has 6 heteroatoms. The summed E-state index contributed by atoms with van der Waals surface area (Å²) in [7, 11) is 1.14. The van der Waals surface area contributed by atoms with Crippen LogP contribution in [-0.4, -0.2) is 70.2 Å². The molecule has 1 aliphatic rings. The number of rotatable bonds is 7. The van der Waals surface area contributed by atoms with E-state index in [1.165, 1.54) is 6.26 Å². The lowest BCUT2D eigenvalue weighted by molar-refractivity contribution is 0.231. The highest BCUT2D eigenvalue weighted by atomic mass is 32.2. The minimum Gasteiger partial charge on any atom is -0.312 e. The summed E-state index contributed by atoms with van der Waals surface area (Å²) in [6.45, 7) is 7.72. The second-order valence-electron chi connectivity index (χ2n) is 6.65. The molecule has 0 aromatic heterocycles. The van der Waals surface area contributed by atoms with Gasteiger partial charge in [0.2, 0.25) is 10.0 Å². The Morgan fingerprint density at radius 3 is 2.50 bits per heavy atom. The molecule has 5 nitrogen and oxygen atoms in total. The molecule has 1 fully saturated rings. The van der Waals surface area contributed by atoms with Crippen molar-refractivity contribution in [1.29, 1.82) is 0 Å². The summed E-state index contributed by atoms with van der Waals surface area (Å²) in [4.78, 5) is 2.20. The fraction of sp³-hybridized carbons (Fsp3) is 1.00. The minimum atomic E-state index is -3.04. The minimum absolute atomic E-state index is 0.432. The maximum absolute atomic E-state index is 11.6. The number of sulfonamides is 1. The zero-order valence-electron chi connectivity index (χ0n) is 13.6. The van der Waals surface area contributed by atoms with Crippen molar-refractivity contribution in [3.8, 4) is 0 Å². The molecule has 120 valence electrons. The third kappa shape index (κ3) is 6.08. The van der Waals surface area contributed by atoms with Gasteiger partial charge in [0, 0.05) is 25.7 Å². The summed E-state index contributed by atoms with van der Waals surface area (Å²) >= 11 is 0. The number of nitrogens with one attached hydrogen (secondary N) is 1. The molecule has 0 saturated carbocycles. The molecule has 1 rings (SSSR count). The van der Waals surface area contributed by atoms with Crippen LogP contribution in [0, 0.1) is 11.8 Å². The molecule has 0 aromatic carbocycles. The molecule has 0 bridgehead atoms. The van der Waals surface area contributed by atoms with Crippen LogP contribution in [0.2, 0.25) is 0 Å². The van der Waals surface area contributed by atoms with Gasteiger partial charge in [-0.3, -0.25) is 0 Å². The van der Waals surface area contributed by atoms with E-state index >= 15 is 0 Å². The summed E-state index contributed by atoms with van der Waals surface area (Å²) in [6, 6.07) is 0.457. The number of hydrogen-bond donors (Lipinski definition) is 1. The van der Waals surface area contributed by atoms with Crippen LogP contribution in [0.15, 0.2) is 0 Å². The lowest BCUT2D eigenvalue weighted by Gasteiger charge is -2.33. The van der Waals surface area contributed by atoms with Crippen LogP contribution in [0.25, 0.3) is 0 Å². The Balaban J connectivity index is 2.47. The highest BCUT2D eigenvalue weighted by molar-refractivity contribution is 7.88. The average Bonchev–Trinajstić information content (AvgIpc) is 2.33. The fourth-order valence-corrected chi connectivity index (χ4v) is 3.66. The van der Waals surface area contributed by atoms with E-state index in [1.807, 2.05) is 0 Å². The van der Waals surface area contributed by atoms with Gasteiger partial charge in [0.15, 0.2) is 0 Å². The Morgan fingerprint density at radius 2 is 2.00 bits per heavy atom. The molecule has 0 aromatic rings. The molecule has 1 saturated heterocycles. The Labute approximate surface area is 124 Å². The Hall–Kier alpha value is -0.170. The highest BCUT2D eigenvalue weighted by Gasteiger charge is 2.26. The first kappa shape index (κ1) is 17.9. The number of piperidine rings is 1. The number of hydrogen-bond acceptors (Lipinski definition) is 4. The zero-order valence-corrected chi connectivity index (χ0v) is 14.4. The molecule has 0 spiro atoms. The molecule has 0 aliphatic carbocycles. The third-order valence-electron chi connectivity index (χ3n) is 3.99. The lowest BCUT2D eigenvalue weighted by atomic mass is 9.97. The van der Waals surface area contributed by atoms with Gasteiger partial charge in [0.25, 0.3) is 0 Å². The molecule has 1 heterocycles. The monoisotopic (exact) mass is 305 g/mol. The standard InChI is InChI=1S/C14H31N3O2S/c1-12(2)14(11-16(3)4)15-9-13-7-6-8-17(10-13)20(5,18)19/h12-15H,6-11H2,1-5H3. The van der Waals surface area contributed by atoms with Crippen molar-refractivity contribution in [2.45, 2.75) is 32.7 Å². The van der Waals surface area contributed by atoms with E-state index in [9.17, 15) is 8.42 Å². The van der Waals surface area contributed by atoms with Crippen LogP contribution in [-0.2, 0) is 10.0 Å². The van der Waals surface area contributed by atoms with Gasteiger partial charge >= 0.3 is 0 Å².